The molecule has 1 aliphatic rings. The molecule has 0 saturated heterocycles. The zero-order valence-electron chi connectivity index (χ0n) is 10.5. The molecule has 0 bridgehead atoms. The van der Waals surface area contributed by atoms with Crippen LogP contribution in [0.4, 0.5) is 0 Å². The van der Waals surface area contributed by atoms with E-state index in [9.17, 15) is 9.59 Å². The average Bonchev–Trinajstić information content (AvgIpc) is 2.65. The summed E-state index contributed by atoms with van der Waals surface area (Å²) < 4.78 is 0. The van der Waals surface area contributed by atoms with Crippen molar-refractivity contribution in [2.45, 2.75) is 0 Å². The fourth-order valence-corrected chi connectivity index (χ4v) is 2.10. The molecule has 2 rings (SSSR count). The first-order valence-electron chi connectivity index (χ1n) is 6.08. The van der Waals surface area contributed by atoms with Gasteiger partial charge in [-0.2, -0.15) is 0 Å². The normalized spacial score (nSPS) is 14.4. The lowest BCUT2D eigenvalue weighted by molar-refractivity contribution is 0.0492. The number of aliphatic hydroxyl groups excluding tert-OH is 2. The van der Waals surface area contributed by atoms with Crippen LogP contribution in [0.15, 0.2) is 24.3 Å². The van der Waals surface area contributed by atoms with Crippen LogP contribution in [0.25, 0.3) is 0 Å². The highest BCUT2D eigenvalue weighted by atomic mass is 16.3. The van der Waals surface area contributed by atoms with Crippen LogP contribution >= 0.6 is 0 Å². The maximum atomic E-state index is 12.1. The summed E-state index contributed by atoms with van der Waals surface area (Å²) >= 11 is 0. The van der Waals surface area contributed by atoms with E-state index in [2.05, 4.69) is 0 Å². The SMILES string of the molecule is O=C1c2ccccc2C(=O)N1CN(CCO)CCO. The number of imide groups is 1. The third kappa shape index (κ3) is 2.65. The van der Waals surface area contributed by atoms with Crippen molar-refractivity contribution in [3.8, 4) is 0 Å². The Morgan fingerprint density at radius 1 is 0.947 bits per heavy atom. The molecule has 0 spiro atoms. The van der Waals surface area contributed by atoms with Gasteiger partial charge in [0.2, 0.25) is 0 Å². The van der Waals surface area contributed by atoms with Gasteiger partial charge in [0, 0.05) is 13.1 Å². The van der Waals surface area contributed by atoms with Gasteiger partial charge in [-0.3, -0.25) is 19.4 Å². The molecule has 0 saturated carbocycles. The summed E-state index contributed by atoms with van der Waals surface area (Å²) in [7, 11) is 0. The summed E-state index contributed by atoms with van der Waals surface area (Å²) in [6.45, 7) is 0.488. The third-order valence-corrected chi connectivity index (χ3v) is 3.05. The van der Waals surface area contributed by atoms with Gasteiger partial charge in [-0.1, -0.05) is 12.1 Å². The van der Waals surface area contributed by atoms with E-state index >= 15 is 0 Å². The summed E-state index contributed by atoms with van der Waals surface area (Å²) in [6, 6.07) is 6.68. The molecule has 1 aliphatic heterocycles. The largest absolute Gasteiger partial charge is 0.395 e. The quantitative estimate of drug-likeness (QED) is 0.679. The lowest BCUT2D eigenvalue weighted by Gasteiger charge is -2.25. The van der Waals surface area contributed by atoms with Gasteiger partial charge in [0.05, 0.1) is 31.0 Å². The Bertz CT molecular complexity index is 448. The minimum atomic E-state index is -0.332. The number of amides is 2. The summed E-state index contributed by atoms with van der Waals surface area (Å²) in [6.07, 6.45) is 0. The summed E-state index contributed by atoms with van der Waals surface area (Å²) in [5.74, 6) is -0.664. The Morgan fingerprint density at radius 2 is 1.42 bits per heavy atom. The molecular weight excluding hydrogens is 248 g/mol. The smallest absolute Gasteiger partial charge is 0.262 e. The van der Waals surface area contributed by atoms with Gasteiger partial charge in [0.1, 0.15) is 0 Å². The molecule has 0 fully saturated rings. The highest BCUT2D eigenvalue weighted by Crippen LogP contribution is 2.22. The second kappa shape index (κ2) is 5.92. The van der Waals surface area contributed by atoms with Gasteiger partial charge in [0.25, 0.3) is 11.8 Å². The lowest BCUT2D eigenvalue weighted by atomic mass is 10.1. The number of carbonyl (C=O) groups is 2. The number of hydrogen-bond donors (Lipinski definition) is 2. The number of fused-ring (bicyclic) bond motifs is 1. The first kappa shape index (κ1) is 13.7. The molecule has 2 N–H and O–H groups in total. The second-order valence-corrected chi connectivity index (χ2v) is 4.29. The topological polar surface area (TPSA) is 81.1 Å². The van der Waals surface area contributed by atoms with Crippen molar-refractivity contribution in [2.75, 3.05) is 33.0 Å². The van der Waals surface area contributed by atoms with Gasteiger partial charge < -0.3 is 10.2 Å². The van der Waals surface area contributed by atoms with E-state index < -0.39 is 0 Å². The standard InChI is InChI=1S/C13H16N2O4/c16-7-5-14(6-8-17)9-15-12(18)10-3-1-2-4-11(10)13(15)19/h1-4,16-17H,5-9H2. The highest BCUT2D eigenvalue weighted by Gasteiger charge is 2.35. The Labute approximate surface area is 110 Å². The maximum absolute atomic E-state index is 12.1. The first-order chi connectivity index (χ1) is 9.19. The molecule has 1 aromatic carbocycles. The van der Waals surface area contributed by atoms with E-state index in [1.807, 2.05) is 0 Å². The van der Waals surface area contributed by atoms with Gasteiger partial charge in [-0.05, 0) is 12.1 Å². The summed E-state index contributed by atoms with van der Waals surface area (Å²) in [5, 5.41) is 17.9. The van der Waals surface area contributed by atoms with Crippen LogP contribution < -0.4 is 0 Å². The minimum Gasteiger partial charge on any atom is -0.395 e. The van der Waals surface area contributed by atoms with Crippen molar-refractivity contribution >= 4 is 11.8 Å². The summed E-state index contributed by atoms with van der Waals surface area (Å²) in [5.41, 5.74) is 0.806. The predicted octanol–water partition coefficient (Wildman–Crippen LogP) is -0.473. The Hall–Kier alpha value is -1.76. The molecule has 2 amide bonds. The fourth-order valence-electron chi connectivity index (χ4n) is 2.10. The van der Waals surface area contributed by atoms with Crippen LogP contribution in [0.2, 0.25) is 0 Å². The van der Waals surface area contributed by atoms with Crippen molar-refractivity contribution in [2.24, 2.45) is 0 Å². The molecule has 1 heterocycles. The molecule has 19 heavy (non-hydrogen) atoms. The van der Waals surface area contributed by atoms with Crippen LogP contribution in [0.1, 0.15) is 20.7 Å². The predicted molar refractivity (Wildman–Crippen MR) is 67.6 cm³/mol. The van der Waals surface area contributed by atoms with Crippen molar-refractivity contribution in [3.63, 3.8) is 0 Å². The maximum Gasteiger partial charge on any atom is 0.262 e. The van der Waals surface area contributed by atoms with E-state index in [4.69, 9.17) is 10.2 Å². The molecule has 6 heteroatoms. The van der Waals surface area contributed by atoms with E-state index in [1.54, 1.807) is 29.2 Å². The molecule has 0 aliphatic carbocycles. The Morgan fingerprint density at radius 3 is 1.84 bits per heavy atom. The number of aliphatic hydroxyl groups is 2. The summed E-state index contributed by atoms with van der Waals surface area (Å²) in [4.78, 5) is 27.0. The number of carbonyl (C=O) groups excluding carboxylic acids is 2. The molecule has 1 aromatic rings. The monoisotopic (exact) mass is 264 g/mol. The molecule has 0 radical (unpaired) electrons. The molecular formula is C13H16N2O4. The van der Waals surface area contributed by atoms with E-state index in [-0.39, 0.29) is 31.7 Å². The zero-order chi connectivity index (χ0) is 13.8. The van der Waals surface area contributed by atoms with Crippen molar-refractivity contribution in [1.29, 1.82) is 0 Å². The lowest BCUT2D eigenvalue weighted by Crippen LogP contribution is -2.43. The number of benzene rings is 1. The van der Waals surface area contributed by atoms with Crippen LogP contribution in [0, 0.1) is 0 Å². The molecule has 102 valence electrons. The van der Waals surface area contributed by atoms with Crippen LogP contribution in [0.3, 0.4) is 0 Å². The Kier molecular flexibility index (Phi) is 4.26. The van der Waals surface area contributed by atoms with E-state index in [0.29, 0.717) is 24.2 Å². The molecule has 0 atom stereocenters. The van der Waals surface area contributed by atoms with Gasteiger partial charge in [0.15, 0.2) is 0 Å². The number of hydrogen-bond acceptors (Lipinski definition) is 5. The fraction of sp³-hybridized carbons (Fsp3) is 0.385. The van der Waals surface area contributed by atoms with Gasteiger partial charge in [-0.25, -0.2) is 0 Å². The molecule has 0 unspecified atom stereocenters. The van der Waals surface area contributed by atoms with E-state index in [0.717, 1.165) is 4.90 Å². The van der Waals surface area contributed by atoms with Crippen molar-refractivity contribution < 1.29 is 19.8 Å². The second-order valence-electron chi connectivity index (χ2n) is 4.29. The number of nitrogens with zero attached hydrogens (tertiary/aromatic N) is 2. The minimum absolute atomic E-state index is 0.0769. The van der Waals surface area contributed by atoms with Crippen molar-refractivity contribution in [1.82, 2.24) is 9.80 Å². The van der Waals surface area contributed by atoms with Gasteiger partial charge >= 0.3 is 0 Å². The van der Waals surface area contributed by atoms with Gasteiger partial charge in [-0.15, -0.1) is 0 Å². The Balaban J connectivity index is 2.15. The first-order valence-corrected chi connectivity index (χ1v) is 6.08. The average molecular weight is 264 g/mol. The van der Waals surface area contributed by atoms with Crippen molar-refractivity contribution in [3.05, 3.63) is 35.4 Å². The third-order valence-electron chi connectivity index (χ3n) is 3.05. The number of rotatable bonds is 6. The zero-order valence-corrected chi connectivity index (χ0v) is 10.5. The van der Waals surface area contributed by atoms with Crippen LogP contribution in [-0.2, 0) is 0 Å². The van der Waals surface area contributed by atoms with Crippen LogP contribution in [-0.4, -0.2) is 64.8 Å². The molecule has 6 nitrogen and oxygen atoms in total. The van der Waals surface area contributed by atoms with Crippen LogP contribution in [0.5, 0.6) is 0 Å². The molecule has 0 aromatic heterocycles. The highest BCUT2D eigenvalue weighted by molar-refractivity contribution is 6.21. The van der Waals surface area contributed by atoms with E-state index in [1.165, 1.54) is 0 Å².